The van der Waals surface area contributed by atoms with Crippen molar-refractivity contribution in [2.75, 3.05) is 18.5 Å². The average Bonchev–Trinajstić information content (AvgIpc) is 2.60. The molecule has 0 bridgehead atoms. The number of amides is 1. The van der Waals surface area contributed by atoms with Crippen LogP contribution in [0.1, 0.15) is 29.8 Å². The fourth-order valence-corrected chi connectivity index (χ4v) is 2.18. The van der Waals surface area contributed by atoms with Crippen LogP contribution < -0.4 is 10.1 Å². The molecule has 5 heteroatoms. The third-order valence-electron chi connectivity index (χ3n) is 3.36. The maximum Gasteiger partial charge on any atom is 0.341 e. The van der Waals surface area contributed by atoms with Gasteiger partial charge in [0.25, 0.3) is 5.91 Å². The molecule has 0 radical (unpaired) electrons. The first kappa shape index (κ1) is 17.5. The molecule has 2 aromatic carbocycles. The lowest BCUT2D eigenvalue weighted by Gasteiger charge is -2.11. The van der Waals surface area contributed by atoms with Gasteiger partial charge >= 0.3 is 5.97 Å². The summed E-state index contributed by atoms with van der Waals surface area (Å²) in [7, 11) is 0. The Morgan fingerprint density at radius 1 is 1.04 bits per heavy atom. The van der Waals surface area contributed by atoms with E-state index in [4.69, 9.17) is 9.47 Å². The fourth-order valence-electron chi connectivity index (χ4n) is 2.18. The molecule has 0 atom stereocenters. The molecule has 0 aromatic heterocycles. The summed E-state index contributed by atoms with van der Waals surface area (Å²) in [6.45, 7) is 3.88. The topological polar surface area (TPSA) is 64.6 Å². The number of hydrogen-bond acceptors (Lipinski definition) is 4. The van der Waals surface area contributed by atoms with E-state index in [0.29, 0.717) is 11.3 Å². The number of carbonyl (C=O) groups is 2. The zero-order valence-corrected chi connectivity index (χ0v) is 13.9. The van der Waals surface area contributed by atoms with Gasteiger partial charge in [-0.05, 0) is 43.2 Å². The molecule has 1 N–H and O–H groups in total. The Morgan fingerprint density at radius 2 is 1.83 bits per heavy atom. The summed E-state index contributed by atoms with van der Waals surface area (Å²) in [4.78, 5) is 23.9. The van der Waals surface area contributed by atoms with Crippen LogP contribution in [0.25, 0.3) is 0 Å². The van der Waals surface area contributed by atoms with Gasteiger partial charge in [0.2, 0.25) is 0 Å². The van der Waals surface area contributed by atoms with Crippen molar-refractivity contribution >= 4 is 17.6 Å². The van der Waals surface area contributed by atoms with Crippen molar-refractivity contribution in [1.29, 1.82) is 0 Å². The van der Waals surface area contributed by atoms with Gasteiger partial charge in [0.15, 0.2) is 6.61 Å². The first-order valence-electron chi connectivity index (χ1n) is 7.91. The standard InChI is InChI=1S/C19H21NO4/c1-3-14-8-7-9-15(12-14)20-18(21)13-24-17-11-6-5-10-16(17)19(22)23-4-2/h5-12H,3-4,13H2,1-2H3,(H,20,21). The molecule has 2 rings (SSSR count). The quantitative estimate of drug-likeness (QED) is 0.791. The second-order valence-corrected chi connectivity index (χ2v) is 5.11. The van der Waals surface area contributed by atoms with Gasteiger partial charge < -0.3 is 14.8 Å². The minimum absolute atomic E-state index is 0.188. The van der Waals surface area contributed by atoms with Crippen molar-refractivity contribution in [3.63, 3.8) is 0 Å². The van der Waals surface area contributed by atoms with Gasteiger partial charge in [0.1, 0.15) is 11.3 Å². The largest absolute Gasteiger partial charge is 0.483 e. The van der Waals surface area contributed by atoms with Crippen molar-refractivity contribution in [1.82, 2.24) is 0 Å². The average molecular weight is 327 g/mol. The minimum atomic E-state index is -0.468. The maximum atomic E-state index is 12.0. The zero-order chi connectivity index (χ0) is 17.4. The number of aryl methyl sites for hydroxylation is 1. The lowest BCUT2D eigenvalue weighted by Crippen LogP contribution is -2.21. The molecular weight excluding hydrogens is 306 g/mol. The lowest BCUT2D eigenvalue weighted by atomic mass is 10.1. The Bertz CT molecular complexity index is 712. The molecule has 1 amide bonds. The van der Waals surface area contributed by atoms with Crippen LogP contribution in [0.4, 0.5) is 5.69 Å². The highest BCUT2D eigenvalue weighted by atomic mass is 16.5. The van der Waals surface area contributed by atoms with E-state index < -0.39 is 5.97 Å². The highest BCUT2D eigenvalue weighted by molar-refractivity contribution is 5.94. The molecule has 0 saturated carbocycles. The summed E-state index contributed by atoms with van der Waals surface area (Å²) < 4.78 is 10.5. The Balaban J connectivity index is 1.98. The van der Waals surface area contributed by atoms with E-state index in [2.05, 4.69) is 12.2 Å². The number of rotatable bonds is 7. The molecule has 0 aliphatic carbocycles. The van der Waals surface area contributed by atoms with Gasteiger partial charge in [0.05, 0.1) is 6.61 Å². The van der Waals surface area contributed by atoms with E-state index >= 15 is 0 Å². The van der Waals surface area contributed by atoms with Crippen molar-refractivity contribution in [3.8, 4) is 5.75 Å². The van der Waals surface area contributed by atoms with Crippen LogP contribution in [0.15, 0.2) is 48.5 Å². The molecule has 0 saturated heterocycles. The molecule has 5 nitrogen and oxygen atoms in total. The van der Waals surface area contributed by atoms with E-state index in [1.54, 1.807) is 31.2 Å². The number of carbonyl (C=O) groups excluding carboxylic acids is 2. The normalized spacial score (nSPS) is 10.1. The number of anilines is 1. The number of hydrogen-bond donors (Lipinski definition) is 1. The molecule has 126 valence electrons. The molecule has 0 aliphatic rings. The summed E-state index contributed by atoms with van der Waals surface area (Å²) in [5, 5.41) is 2.78. The molecule has 24 heavy (non-hydrogen) atoms. The monoisotopic (exact) mass is 327 g/mol. The number of ether oxygens (including phenoxy) is 2. The first-order valence-corrected chi connectivity index (χ1v) is 7.91. The van der Waals surface area contributed by atoms with Crippen molar-refractivity contribution < 1.29 is 19.1 Å². The second kappa shape index (κ2) is 8.72. The van der Waals surface area contributed by atoms with Gasteiger partial charge in [-0.2, -0.15) is 0 Å². The summed E-state index contributed by atoms with van der Waals surface area (Å²) in [6.07, 6.45) is 0.896. The van der Waals surface area contributed by atoms with Crippen LogP contribution in [0.3, 0.4) is 0 Å². The summed E-state index contributed by atoms with van der Waals surface area (Å²) >= 11 is 0. The zero-order valence-electron chi connectivity index (χ0n) is 13.9. The Kier molecular flexibility index (Phi) is 6.37. The van der Waals surface area contributed by atoms with Crippen molar-refractivity contribution in [2.24, 2.45) is 0 Å². The number of benzene rings is 2. The van der Waals surface area contributed by atoms with E-state index in [1.165, 1.54) is 0 Å². The van der Waals surface area contributed by atoms with E-state index in [-0.39, 0.29) is 19.1 Å². The van der Waals surface area contributed by atoms with Crippen LogP contribution >= 0.6 is 0 Å². The van der Waals surface area contributed by atoms with Crippen LogP contribution in [0.2, 0.25) is 0 Å². The fraction of sp³-hybridized carbons (Fsp3) is 0.263. The van der Waals surface area contributed by atoms with E-state index in [1.807, 2.05) is 24.3 Å². The van der Waals surface area contributed by atoms with Crippen molar-refractivity contribution in [2.45, 2.75) is 20.3 Å². The third-order valence-corrected chi connectivity index (χ3v) is 3.36. The molecule has 0 fully saturated rings. The molecule has 2 aromatic rings. The maximum absolute atomic E-state index is 12.0. The predicted molar refractivity (Wildman–Crippen MR) is 92.3 cm³/mol. The van der Waals surface area contributed by atoms with Crippen LogP contribution in [0.5, 0.6) is 5.75 Å². The Hall–Kier alpha value is -2.82. The van der Waals surface area contributed by atoms with Crippen LogP contribution in [-0.4, -0.2) is 25.1 Å². The van der Waals surface area contributed by atoms with Crippen molar-refractivity contribution in [3.05, 3.63) is 59.7 Å². The van der Waals surface area contributed by atoms with Gasteiger partial charge in [-0.25, -0.2) is 4.79 Å². The Labute approximate surface area is 141 Å². The molecule has 0 spiro atoms. The van der Waals surface area contributed by atoms with Gasteiger partial charge in [-0.1, -0.05) is 31.2 Å². The summed E-state index contributed by atoms with van der Waals surface area (Å²) in [6, 6.07) is 14.3. The van der Waals surface area contributed by atoms with E-state index in [9.17, 15) is 9.59 Å². The van der Waals surface area contributed by atoms with E-state index in [0.717, 1.165) is 17.7 Å². The predicted octanol–water partition coefficient (Wildman–Crippen LogP) is 3.44. The summed E-state index contributed by atoms with van der Waals surface area (Å²) in [5.74, 6) is -0.431. The number of para-hydroxylation sites is 1. The molecule has 0 unspecified atom stereocenters. The second-order valence-electron chi connectivity index (χ2n) is 5.11. The van der Waals surface area contributed by atoms with Gasteiger partial charge in [-0.3, -0.25) is 4.79 Å². The smallest absolute Gasteiger partial charge is 0.341 e. The molecule has 0 heterocycles. The van der Waals surface area contributed by atoms with Crippen LogP contribution in [0, 0.1) is 0 Å². The Morgan fingerprint density at radius 3 is 2.58 bits per heavy atom. The third kappa shape index (κ3) is 4.84. The number of esters is 1. The minimum Gasteiger partial charge on any atom is -0.483 e. The SMILES string of the molecule is CCOC(=O)c1ccccc1OCC(=O)Nc1cccc(CC)c1. The van der Waals surface area contributed by atoms with Gasteiger partial charge in [-0.15, -0.1) is 0 Å². The van der Waals surface area contributed by atoms with Gasteiger partial charge in [0, 0.05) is 5.69 Å². The summed E-state index contributed by atoms with van der Waals surface area (Å²) in [5.41, 5.74) is 2.17. The van der Waals surface area contributed by atoms with Crippen LogP contribution in [-0.2, 0) is 16.0 Å². The highest BCUT2D eigenvalue weighted by Crippen LogP contribution is 2.19. The molecule has 0 aliphatic heterocycles. The highest BCUT2D eigenvalue weighted by Gasteiger charge is 2.14. The number of nitrogens with one attached hydrogen (secondary N) is 1. The molecular formula is C19H21NO4. The first-order chi connectivity index (χ1) is 11.6. The lowest BCUT2D eigenvalue weighted by molar-refractivity contribution is -0.118.